The van der Waals surface area contributed by atoms with Crippen LogP contribution in [0.25, 0.3) is 0 Å². The average Bonchev–Trinajstić information content (AvgIpc) is 3.24. The summed E-state index contributed by atoms with van der Waals surface area (Å²) in [6.07, 6.45) is 1.66. The molecule has 2 saturated heterocycles. The molecule has 2 aliphatic heterocycles. The molecule has 2 aliphatic rings. The Kier molecular flexibility index (Phi) is 5.57. The maximum Gasteiger partial charge on any atom is 0.202 e. The highest BCUT2D eigenvalue weighted by Gasteiger charge is 2.46. The van der Waals surface area contributed by atoms with Gasteiger partial charge in [0.25, 0.3) is 0 Å². The van der Waals surface area contributed by atoms with E-state index in [-0.39, 0.29) is 5.78 Å². The molecule has 0 aliphatic carbocycles. The minimum absolute atomic E-state index is 0.318. The normalized spacial score (nSPS) is 23.4. The van der Waals surface area contributed by atoms with E-state index < -0.39 is 7.29 Å². The summed E-state index contributed by atoms with van der Waals surface area (Å²) in [4.78, 5) is 2.26. The highest BCUT2D eigenvalue weighted by atomic mass is 31.2. The third-order valence-corrected chi connectivity index (χ3v) is 8.58. The molecule has 0 radical (unpaired) electrons. The standard InChI is InChI=1S/C19H25N2O4P/c22-26(17-5-2-1-3-6-17,21-10-15-24-16-11-21)19(18-7-4-12-25-18)20-8-13-23-14-9-20/h1-7,12,19H,8-11,13-16H2/t19-,26-/m1/s1. The Hall–Kier alpha value is -1.43. The monoisotopic (exact) mass is 376 g/mol. The van der Waals surface area contributed by atoms with Gasteiger partial charge >= 0.3 is 0 Å². The number of benzene rings is 1. The van der Waals surface area contributed by atoms with Crippen molar-refractivity contribution in [1.82, 2.24) is 9.57 Å². The molecule has 0 N–H and O–H groups in total. The van der Waals surface area contributed by atoms with Crippen molar-refractivity contribution >= 4 is 12.6 Å². The van der Waals surface area contributed by atoms with E-state index in [1.165, 1.54) is 0 Å². The highest BCUT2D eigenvalue weighted by molar-refractivity contribution is 7.69. The maximum absolute atomic E-state index is 14.8. The Morgan fingerprint density at radius 3 is 2.12 bits per heavy atom. The van der Waals surface area contributed by atoms with E-state index in [9.17, 15) is 4.57 Å². The molecule has 0 unspecified atom stereocenters. The van der Waals surface area contributed by atoms with E-state index in [4.69, 9.17) is 13.9 Å². The fourth-order valence-electron chi connectivity index (χ4n) is 3.79. The minimum atomic E-state index is -2.98. The van der Waals surface area contributed by atoms with Crippen LogP contribution in [0.1, 0.15) is 11.5 Å². The third kappa shape index (κ3) is 3.40. The second kappa shape index (κ2) is 8.07. The molecule has 140 valence electrons. The van der Waals surface area contributed by atoms with Gasteiger partial charge in [-0.1, -0.05) is 30.3 Å². The van der Waals surface area contributed by atoms with Gasteiger partial charge in [0.05, 0.1) is 32.7 Å². The van der Waals surface area contributed by atoms with Crippen molar-refractivity contribution in [3.8, 4) is 0 Å². The Morgan fingerprint density at radius 1 is 0.846 bits per heavy atom. The van der Waals surface area contributed by atoms with Gasteiger partial charge in [0.2, 0.25) is 7.29 Å². The number of hydrogen-bond acceptors (Lipinski definition) is 5. The molecule has 2 aromatic rings. The van der Waals surface area contributed by atoms with Gasteiger partial charge in [0.15, 0.2) is 0 Å². The Balaban J connectivity index is 1.82. The zero-order valence-corrected chi connectivity index (χ0v) is 15.7. The van der Waals surface area contributed by atoms with Gasteiger partial charge in [0, 0.05) is 31.5 Å². The first-order valence-corrected chi connectivity index (χ1v) is 10.9. The lowest BCUT2D eigenvalue weighted by Crippen LogP contribution is -2.45. The SMILES string of the molecule is O=[P@](c1ccccc1)([C@H](c1ccco1)N1CCOCC1)N1CCOCC1. The lowest BCUT2D eigenvalue weighted by molar-refractivity contribution is 0.0241. The molecule has 26 heavy (non-hydrogen) atoms. The summed E-state index contributed by atoms with van der Waals surface area (Å²) in [5, 5.41) is 0.870. The van der Waals surface area contributed by atoms with Crippen molar-refractivity contribution in [1.29, 1.82) is 0 Å². The molecule has 2 atom stereocenters. The van der Waals surface area contributed by atoms with Crippen LogP contribution in [0.3, 0.4) is 0 Å². The van der Waals surface area contributed by atoms with Gasteiger partial charge in [-0.3, -0.25) is 9.46 Å². The molecule has 0 spiro atoms. The summed E-state index contributed by atoms with van der Waals surface area (Å²) in [5.74, 6) is 0.437. The Labute approximate surface area is 154 Å². The zero-order chi connectivity index (χ0) is 17.8. The van der Waals surface area contributed by atoms with Crippen LogP contribution >= 0.6 is 7.29 Å². The molecule has 4 rings (SSSR count). The van der Waals surface area contributed by atoms with Crippen molar-refractivity contribution in [3.05, 3.63) is 54.5 Å². The summed E-state index contributed by atoms with van der Waals surface area (Å²) in [7, 11) is -2.98. The molecule has 7 heteroatoms. The summed E-state index contributed by atoms with van der Waals surface area (Å²) < 4.78 is 33.8. The largest absolute Gasteiger partial charge is 0.467 e. The van der Waals surface area contributed by atoms with E-state index in [1.807, 2.05) is 42.5 Å². The third-order valence-electron chi connectivity index (χ3n) is 5.05. The van der Waals surface area contributed by atoms with Crippen molar-refractivity contribution < 1.29 is 18.5 Å². The van der Waals surface area contributed by atoms with E-state index >= 15 is 0 Å². The van der Waals surface area contributed by atoms with Crippen LogP contribution in [0.5, 0.6) is 0 Å². The minimum Gasteiger partial charge on any atom is -0.467 e. The van der Waals surface area contributed by atoms with Crippen LogP contribution in [0.15, 0.2) is 53.1 Å². The fraction of sp³-hybridized carbons (Fsp3) is 0.474. The quantitative estimate of drug-likeness (QED) is 0.748. The first-order valence-electron chi connectivity index (χ1n) is 9.14. The molecule has 0 bridgehead atoms. The van der Waals surface area contributed by atoms with Crippen LogP contribution in [-0.4, -0.2) is 62.2 Å². The first kappa shape index (κ1) is 18.0. The highest BCUT2D eigenvalue weighted by Crippen LogP contribution is 2.62. The lowest BCUT2D eigenvalue weighted by Gasteiger charge is -2.43. The molecule has 0 amide bonds. The van der Waals surface area contributed by atoms with Crippen molar-refractivity contribution in [2.45, 2.75) is 5.78 Å². The molecular formula is C19H25N2O4P. The number of rotatable bonds is 5. The van der Waals surface area contributed by atoms with Crippen LogP contribution < -0.4 is 5.30 Å². The molecular weight excluding hydrogens is 351 g/mol. The lowest BCUT2D eigenvalue weighted by atomic mass is 10.3. The van der Waals surface area contributed by atoms with Gasteiger partial charge in [-0.15, -0.1) is 0 Å². The first-order chi connectivity index (χ1) is 12.8. The molecule has 6 nitrogen and oxygen atoms in total. The van der Waals surface area contributed by atoms with E-state index in [1.54, 1.807) is 6.26 Å². The van der Waals surface area contributed by atoms with Crippen molar-refractivity contribution in [3.63, 3.8) is 0 Å². The molecule has 1 aromatic carbocycles. The maximum atomic E-state index is 14.8. The smallest absolute Gasteiger partial charge is 0.202 e. The van der Waals surface area contributed by atoms with E-state index in [2.05, 4.69) is 9.57 Å². The van der Waals surface area contributed by atoms with Gasteiger partial charge in [-0.2, -0.15) is 0 Å². The predicted molar refractivity (Wildman–Crippen MR) is 99.9 cm³/mol. The van der Waals surface area contributed by atoms with Crippen molar-refractivity contribution in [2.75, 3.05) is 52.6 Å². The zero-order valence-electron chi connectivity index (χ0n) is 14.8. The van der Waals surface area contributed by atoms with Gasteiger partial charge in [0.1, 0.15) is 11.5 Å². The van der Waals surface area contributed by atoms with Crippen LogP contribution in [0, 0.1) is 0 Å². The Bertz CT molecular complexity index is 725. The molecule has 0 saturated carbocycles. The number of hydrogen-bond donors (Lipinski definition) is 0. The Morgan fingerprint density at radius 2 is 1.50 bits per heavy atom. The van der Waals surface area contributed by atoms with Gasteiger partial charge in [-0.05, 0) is 12.1 Å². The van der Waals surface area contributed by atoms with Gasteiger partial charge in [-0.25, -0.2) is 4.67 Å². The summed E-state index contributed by atoms with van der Waals surface area (Å²) in [6.45, 7) is 5.31. The summed E-state index contributed by atoms with van der Waals surface area (Å²) in [5.41, 5.74) is 0. The number of furan rings is 1. The number of ether oxygens (including phenoxy) is 2. The molecule has 1 aromatic heterocycles. The fourth-order valence-corrected chi connectivity index (χ4v) is 7.23. The van der Waals surface area contributed by atoms with Crippen LogP contribution in [-0.2, 0) is 14.0 Å². The second-order valence-corrected chi connectivity index (χ2v) is 9.38. The molecule has 2 fully saturated rings. The molecule has 3 heterocycles. The average molecular weight is 376 g/mol. The number of nitrogens with zero attached hydrogens (tertiary/aromatic N) is 2. The van der Waals surface area contributed by atoms with Crippen LogP contribution in [0.2, 0.25) is 0 Å². The topological polar surface area (TPSA) is 55.2 Å². The van der Waals surface area contributed by atoms with E-state index in [0.29, 0.717) is 39.5 Å². The van der Waals surface area contributed by atoms with Crippen LogP contribution in [0.4, 0.5) is 0 Å². The summed E-state index contributed by atoms with van der Waals surface area (Å²) in [6, 6.07) is 13.7. The van der Waals surface area contributed by atoms with E-state index in [0.717, 1.165) is 24.2 Å². The van der Waals surface area contributed by atoms with Crippen molar-refractivity contribution in [2.24, 2.45) is 0 Å². The second-order valence-electron chi connectivity index (χ2n) is 6.56. The number of morpholine rings is 2. The van der Waals surface area contributed by atoms with Gasteiger partial charge < -0.3 is 13.9 Å². The predicted octanol–water partition coefficient (Wildman–Crippen LogP) is 2.55. The summed E-state index contributed by atoms with van der Waals surface area (Å²) >= 11 is 0.